The molecule has 2 unspecified atom stereocenters. The highest BCUT2D eigenvalue weighted by Crippen LogP contribution is 2.36. The fourth-order valence-electron chi connectivity index (χ4n) is 2.71. The van der Waals surface area contributed by atoms with Crippen molar-refractivity contribution in [2.75, 3.05) is 0 Å². The molecule has 24 heavy (non-hydrogen) atoms. The summed E-state index contributed by atoms with van der Waals surface area (Å²) in [5, 5.41) is 1.89. The molecule has 0 spiro atoms. The number of terminal acetylenes is 1. The summed E-state index contributed by atoms with van der Waals surface area (Å²) in [5.41, 5.74) is 0. The Morgan fingerprint density at radius 2 is 2.04 bits per heavy atom. The maximum absolute atomic E-state index is 14.3. The van der Waals surface area contributed by atoms with Crippen LogP contribution in [0, 0.1) is 12.3 Å². The average Bonchev–Trinajstić information content (AvgIpc) is 2.88. The molecule has 0 aliphatic rings. The van der Waals surface area contributed by atoms with Gasteiger partial charge in [0.25, 0.3) is 0 Å². The van der Waals surface area contributed by atoms with Gasteiger partial charge >= 0.3 is 0 Å². The molecule has 2 aromatic rings. The van der Waals surface area contributed by atoms with Gasteiger partial charge in [0.05, 0.1) is 5.02 Å². The lowest BCUT2D eigenvalue weighted by Crippen LogP contribution is -2.45. The standard InChI is InChI=1S/C19H24ClFOSSi/c1-5-9-18(21)24(3,4)22-14(6-2)12-13-17-19(20)15-10-7-8-11-16(15)23-17/h2,7-8,10-11,14,18H,5,9,12-13H2,1,3-4H3. The Bertz CT molecular complexity index is 722. The monoisotopic (exact) mass is 382 g/mol. The first-order valence-corrected chi connectivity index (χ1v) is 12.5. The number of rotatable bonds is 8. The van der Waals surface area contributed by atoms with E-state index >= 15 is 0 Å². The number of halogens is 2. The van der Waals surface area contributed by atoms with Crippen LogP contribution in [0.2, 0.25) is 18.1 Å². The molecular weight excluding hydrogens is 359 g/mol. The van der Waals surface area contributed by atoms with Crippen molar-refractivity contribution in [3.63, 3.8) is 0 Å². The fourth-order valence-corrected chi connectivity index (χ4v) is 6.30. The quantitative estimate of drug-likeness (QED) is 0.379. The van der Waals surface area contributed by atoms with Gasteiger partial charge in [0.15, 0.2) is 0 Å². The molecule has 0 saturated heterocycles. The van der Waals surface area contributed by atoms with E-state index in [9.17, 15) is 4.39 Å². The highest BCUT2D eigenvalue weighted by atomic mass is 35.5. The topological polar surface area (TPSA) is 9.23 Å². The first-order valence-electron chi connectivity index (χ1n) is 8.33. The van der Waals surface area contributed by atoms with Crippen LogP contribution in [0.25, 0.3) is 10.1 Å². The molecule has 0 aliphatic carbocycles. The van der Waals surface area contributed by atoms with Crippen molar-refractivity contribution in [1.82, 2.24) is 0 Å². The van der Waals surface area contributed by atoms with Crippen molar-refractivity contribution in [2.24, 2.45) is 0 Å². The molecule has 0 radical (unpaired) electrons. The molecule has 0 aliphatic heterocycles. The van der Waals surface area contributed by atoms with Crippen molar-refractivity contribution < 1.29 is 8.82 Å². The summed E-state index contributed by atoms with van der Waals surface area (Å²) in [5.74, 6) is 1.80. The number of aryl methyl sites for hydroxylation is 1. The van der Waals surface area contributed by atoms with Crippen LogP contribution in [0.1, 0.15) is 31.1 Å². The lowest BCUT2D eigenvalue weighted by molar-refractivity contribution is 0.210. The van der Waals surface area contributed by atoms with E-state index in [1.807, 2.05) is 38.2 Å². The van der Waals surface area contributed by atoms with Crippen LogP contribution < -0.4 is 0 Å². The Kier molecular flexibility index (Phi) is 6.88. The molecule has 1 aromatic heterocycles. The molecule has 0 bridgehead atoms. The lowest BCUT2D eigenvalue weighted by atomic mass is 10.1. The number of hydrogen-bond donors (Lipinski definition) is 0. The first kappa shape index (κ1) is 19.5. The van der Waals surface area contributed by atoms with Crippen LogP contribution >= 0.6 is 22.9 Å². The second kappa shape index (κ2) is 8.49. The number of hydrogen-bond acceptors (Lipinski definition) is 2. The van der Waals surface area contributed by atoms with E-state index in [4.69, 9.17) is 22.5 Å². The highest BCUT2D eigenvalue weighted by Gasteiger charge is 2.35. The molecule has 0 saturated carbocycles. The van der Waals surface area contributed by atoms with Crippen molar-refractivity contribution in [2.45, 2.75) is 57.6 Å². The summed E-state index contributed by atoms with van der Waals surface area (Å²) in [4.78, 5) is 1.12. The minimum atomic E-state index is -2.43. The maximum Gasteiger partial charge on any atom is 0.222 e. The third-order valence-corrected chi connectivity index (χ3v) is 8.63. The smallest absolute Gasteiger partial charge is 0.222 e. The molecule has 2 rings (SSSR count). The Labute approximate surface area is 154 Å². The molecule has 2 atom stereocenters. The van der Waals surface area contributed by atoms with Gasteiger partial charge in [0, 0.05) is 15.0 Å². The molecule has 0 fully saturated rings. The van der Waals surface area contributed by atoms with Gasteiger partial charge in [0.2, 0.25) is 8.32 Å². The molecular formula is C19H24ClFOSSi. The van der Waals surface area contributed by atoms with Crippen molar-refractivity contribution in [1.29, 1.82) is 0 Å². The molecule has 5 heteroatoms. The second-order valence-electron chi connectivity index (χ2n) is 6.51. The normalized spacial score (nSPS) is 14.5. The molecule has 130 valence electrons. The van der Waals surface area contributed by atoms with Gasteiger partial charge in [-0.3, -0.25) is 0 Å². The molecule has 1 aromatic carbocycles. The van der Waals surface area contributed by atoms with Gasteiger partial charge in [-0.1, -0.05) is 49.1 Å². The van der Waals surface area contributed by atoms with Crippen LogP contribution in [-0.2, 0) is 10.8 Å². The number of thiophene rings is 1. The lowest BCUT2D eigenvalue weighted by Gasteiger charge is -2.29. The van der Waals surface area contributed by atoms with E-state index in [0.29, 0.717) is 12.8 Å². The first-order chi connectivity index (χ1) is 11.4. The number of alkyl halides is 1. The second-order valence-corrected chi connectivity index (χ2v) is 12.1. The predicted molar refractivity (Wildman–Crippen MR) is 106 cm³/mol. The van der Waals surface area contributed by atoms with E-state index < -0.39 is 14.1 Å². The largest absolute Gasteiger partial charge is 0.401 e. The zero-order valence-corrected chi connectivity index (χ0v) is 17.0. The summed E-state index contributed by atoms with van der Waals surface area (Å²) >= 11 is 8.17. The molecule has 0 amide bonds. The summed E-state index contributed by atoms with van der Waals surface area (Å²) in [7, 11) is -2.43. The van der Waals surface area contributed by atoms with Crippen molar-refractivity contribution in [3.05, 3.63) is 34.2 Å². The van der Waals surface area contributed by atoms with Crippen LogP contribution in [-0.4, -0.2) is 20.2 Å². The van der Waals surface area contributed by atoms with Gasteiger partial charge in [-0.05, 0) is 38.4 Å². The van der Waals surface area contributed by atoms with Gasteiger partial charge < -0.3 is 4.43 Å². The van der Waals surface area contributed by atoms with Gasteiger partial charge in [0.1, 0.15) is 11.9 Å². The van der Waals surface area contributed by atoms with E-state index in [2.05, 4.69) is 12.0 Å². The van der Waals surface area contributed by atoms with Crippen LogP contribution in [0.15, 0.2) is 24.3 Å². The Balaban J connectivity index is 2.03. The van der Waals surface area contributed by atoms with E-state index in [1.54, 1.807) is 11.3 Å². The fraction of sp³-hybridized carbons (Fsp3) is 0.474. The van der Waals surface area contributed by atoms with Crippen LogP contribution in [0.4, 0.5) is 4.39 Å². The highest BCUT2D eigenvalue weighted by molar-refractivity contribution is 7.19. The van der Waals surface area contributed by atoms with Gasteiger partial charge in [-0.25, -0.2) is 4.39 Å². The zero-order chi connectivity index (χ0) is 17.7. The van der Waals surface area contributed by atoms with Crippen LogP contribution in [0.3, 0.4) is 0 Å². The molecule has 0 N–H and O–H groups in total. The number of fused-ring (bicyclic) bond motifs is 1. The maximum atomic E-state index is 14.3. The minimum Gasteiger partial charge on any atom is -0.401 e. The summed E-state index contributed by atoms with van der Waals surface area (Å²) in [6.45, 7) is 5.80. The van der Waals surface area contributed by atoms with E-state index in [1.165, 1.54) is 4.70 Å². The Hall–Kier alpha value is -0.863. The van der Waals surface area contributed by atoms with E-state index in [-0.39, 0.29) is 6.10 Å². The third-order valence-electron chi connectivity index (χ3n) is 4.16. The molecule has 1 heterocycles. The SMILES string of the molecule is C#CC(CCc1sc2ccccc2c1Cl)O[Si](C)(C)C(F)CCC. The number of benzene rings is 1. The molecule has 1 nitrogen and oxygen atoms in total. The van der Waals surface area contributed by atoms with Crippen LogP contribution in [0.5, 0.6) is 0 Å². The summed E-state index contributed by atoms with van der Waals surface area (Å²) in [6, 6.07) is 8.09. The van der Waals surface area contributed by atoms with Crippen molar-refractivity contribution >= 4 is 41.3 Å². The zero-order valence-electron chi connectivity index (χ0n) is 14.4. The van der Waals surface area contributed by atoms with Crippen molar-refractivity contribution in [3.8, 4) is 12.3 Å². The minimum absolute atomic E-state index is 0.358. The average molecular weight is 383 g/mol. The van der Waals surface area contributed by atoms with E-state index in [0.717, 1.165) is 28.1 Å². The van der Waals surface area contributed by atoms with Gasteiger partial charge in [-0.2, -0.15) is 0 Å². The Morgan fingerprint density at radius 3 is 2.67 bits per heavy atom. The van der Waals surface area contributed by atoms with Gasteiger partial charge in [-0.15, -0.1) is 17.8 Å². The third kappa shape index (κ3) is 4.61. The predicted octanol–water partition coefficient (Wildman–Crippen LogP) is 6.39. The summed E-state index contributed by atoms with van der Waals surface area (Å²) < 4.78 is 21.5. The Morgan fingerprint density at radius 1 is 1.33 bits per heavy atom. The summed E-state index contributed by atoms with van der Waals surface area (Å²) in [6.07, 6.45) is 8.04.